The molecule has 0 bridgehead atoms. The van der Waals surface area contributed by atoms with Gasteiger partial charge in [0.25, 0.3) is 5.91 Å². The molecule has 32 heavy (non-hydrogen) atoms. The van der Waals surface area contributed by atoms with Gasteiger partial charge in [0.1, 0.15) is 0 Å². The minimum atomic E-state index is 0.0626. The Morgan fingerprint density at radius 3 is 1.78 bits per heavy atom. The third-order valence-electron chi connectivity index (χ3n) is 5.17. The molecule has 0 saturated heterocycles. The number of aryl methyl sites for hydroxylation is 1. The van der Waals surface area contributed by atoms with Crippen LogP contribution >= 0.6 is 11.3 Å². The molecule has 1 aromatic rings. The highest BCUT2D eigenvalue weighted by atomic mass is 32.1. The predicted molar refractivity (Wildman–Crippen MR) is 132 cm³/mol. The molecular weight excluding hydrogens is 426 g/mol. The van der Waals surface area contributed by atoms with E-state index >= 15 is 0 Å². The van der Waals surface area contributed by atoms with Crippen LogP contribution in [0.1, 0.15) is 79.4 Å². The Balaban J connectivity index is 1.69. The van der Waals surface area contributed by atoms with E-state index in [1.165, 1.54) is 56.2 Å². The summed E-state index contributed by atoms with van der Waals surface area (Å²) in [6, 6.07) is 1.95. The topological polar surface area (TPSA) is 66.0 Å². The summed E-state index contributed by atoms with van der Waals surface area (Å²) >= 11 is 1.62. The average Bonchev–Trinajstić information content (AvgIpc) is 3.23. The Morgan fingerprint density at radius 1 is 0.750 bits per heavy atom. The number of carbonyl (C=O) groups excluding carboxylic acids is 1. The summed E-state index contributed by atoms with van der Waals surface area (Å²) in [6.07, 6.45) is 12.5. The Hall–Kier alpha value is -0.990. The van der Waals surface area contributed by atoms with Crippen molar-refractivity contribution in [2.45, 2.75) is 71.1 Å². The number of hydrogen-bond donors (Lipinski definition) is 1. The Morgan fingerprint density at radius 2 is 1.25 bits per heavy atom. The number of rotatable bonds is 23. The van der Waals surface area contributed by atoms with E-state index in [2.05, 4.69) is 5.32 Å². The standard InChI is InChI=1S/C25H45NO5S/c1-23-21-24(22-32-23)25(27)26-13-11-9-7-5-3-4-6-8-10-12-14-29-17-18-31-20-19-30-16-15-28-2/h21-22H,3-20H2,1-2H3,(H,26,27). The first-order valence-electron chi connectivity index (χ1n) is 12.3. The molecule has 0 saturated carbocycles. The summed E-state index contributed by atoms with van der Waals surface area (Å²) in [4.78, 5) is 13.1. The molecule has 186 valence electrons. The molecule has 0 unspecified atom stereocenters. The van der Waals surface area contributed by atoms with E-state index in [1.54, 1.807) is 18.4 Å². The van der Waals surface area contributed by atoms with Crippen LogP contribution in [0.2, 0.25) is 0 Å². The normalized spacial score (nSPS) is 11.2. The number of methoxy groups -OCH3 is 1. The molecule has 1 aromatic heterocycles. The second kappa shape index (κ2) is 21.8. The van der Waals surface area contributed by atoms with Crippen molar-refractivity contribution in [3.63, 3.8) is 0 Å². The van der Waals surface area contributed by atoms with Crippen LogP contribution in [-0.2, 0) is 18.9 Å². The highest BCUT2D eigenvalue weighted by molar-refractivity contribution is 7.10. The van der Waals surface area contributed by atoms with E-state index in [-0.39, 0.29) is 5.91 Å². The van der Waals surface area contributed by atoms with Gasteiger partial charge in [-0.25, -0.2) is 0 Å². The minimum absolute atomic E-state index is 0.0626. The Bertz CT molecular complexity index is 552. The van der Waals surface area contributed by atoms with E-state index in [9.17, 15) is 4.79 Å². The summed E-state index contributed by atoms with van der Waals surface area (Å²) < 4.78 is 21.3. The SMILES string of the molecule is COCCOCCOCCOCCCCCCCCCCCCNC(=O)c1csc(C)c1. The summed E-state index contributed by atoms with van der Waals surface area (Å²) in [5.74, 6) is 0.0626. The van der Waals surface area contributed by atoms with E-state index in [0.717, 1.165) is 31.6 Å². The molecule has 0 aliphatic carbocycles. The summed E-state index contributed by atoms with van der Waals surface area (Å²) in [7, 11) is 1.67. The number of thiophene rings is 1. The second-order valence-electron chi connectivity index (χ2n) is 8.07. The maximum atomic E-state index is 11.9. The lowest BCUT2D eigenvalue weighted by atomic mass is 10.1. The summed E-state index contributed by atoms with van der Waals surface area (Å²) in [6.45, 7) is 7.40. The van der Waals surface area contributed by atoms with Crippen LogP contribution in [0.15, 0.2) is 11.4 Å². The maximum Gasteiger partial charge on any atom is 0.252 e. The number of amides is 1. The zero-order valence-electron chi connectivity index (χ0n) is 20.3. The van der Waals surface area contributed by atoms with Gasteiger partial charge in [-0.1, -0.05) is 51.4 Å². The third kappa shape index (κ3) is 17.6. The molecule has 1 heterocycles. The number of carbonyl (C=O) groups is 1. The highest BCUT2D eigenvalue weighted by Crippen LogP contribution is 2.13. The van der Waals surface area contributed by atoms with Crippen molar-refractivity contribution in [2.75, 3.05) is 59.9 Å². The van der Waals surface area contributed by atoms with Crippen molar-refractivity contribution >= 4 is 17.2 Å². The smallest absolute Gasteiger partial charge is 0.252 e. The Labute approximate surface area is 199 Å². The van der Waals surface area contributed by atoms with Crippen LogP contribution in [0, 0.1) is 6.92 Å². The molecule has 0 spiro atoms. The zero-order chi connectivity index (χ0) is 23.1. The fraction of sp³-hybridized carbons (Fsp3) is 0.800. The van der Waals surface area contributed by atoms with Crippen molar-refractivity contribution in [1.29, 1.82) is 0 Å². The van der Waals surface area contributed by atoms with Gasteiger partial charge in [0, 0.05) is 30.5 Å². The van der Waals surface area contributed by atoms with E-state index < -0.39 is 0 Å². The molecule has 0 aromatic carbocycles. The van der Waals surface area contributed by atoms with Gasteiger partial charge < -0.3 is 24.3 Å². The monoisotopic (exact) mass is 471 g/mol. The second-order valence-corrected chi connectivity index (χ2v) is 9.18. The first-order valence-corrected chi connectivity index (χ1v) is 13.2. The van der Waals surface area contributed by atoms with Gasteiger partial charge >= 0.3 is 0 Å². The Kier molecular flexibility index (Phi) is 19.8. The lowest BCUT2D eigenvalue weighted by Gasteiger charge is -2.07. The van der Waals surface area contributed by atoms with Crippen molar-refractivity contribution in [3.05, 3.63) is 21.9 Å². The average molecular weight is 472 g/mol. The van der Waals surface area contributed by atoms with Crippen LogP contribution in [0.4, 0.5) is 0 Å². The number of unbranched alkanes of at least 4 members (excludes halogenated alkanes) is 9. The van der Waals surface area contributed by atoms with Crippen molar-refractivity contribution in [2.24, 2.45) is 0 Å². The van der Waals surface area contributed by atoms with Gasteiger partial charge in [0.05, 0.1) is 45.2 Å². The first-order chi connectivity index (χ1) is 15.7. The van der Waals surface area contributed by atoms with Crippen molar-refractivity contribution in [3.8, 4) is 0 Å². The molecule has 0 fully saturated rings. The fourth-order valence-electron chi connectivity index (χ4n) is 3.29. The lowest BCUT2D eigenvalue weighted by Crippen LogP contribution is -2.23. The molecule has 0 atom stereocenters. The van der Waals surface area contributed by atoms with Crippen LogP contribution in [0.5, 0.6) is 0 Å². The molecule has 1 N–H and O–H groups in total. The van der Waals surface area contributed by atoms with Gasteiger partial charge in [-0.3, -0.25) is 4.79 Å². The molecular formula is C25H45NO5S. The van der Waals surface area contributed by atoms with Gasteiger partial charge in [-0.05, 0) is 25.8 Å². The molecule has 0 aliphatic heterocycles. The van der Waals surface area contributed by atoms with Crippen molar-refractivity contribution < 1.29 is 23.7 Å². The highest BCUT2D eigenvalue weighted by Gasteiger charge is 2.05. The lowest BCUT2D eigenvalue weighted by molar-refractivity contribution is 0.00323. The van der Waals surface area contributed by atoms with Crippen LogP contribution in [0.3, 0.4) is 0 Å². The van der Waals surface area contributed by atoms with Crippen molar-refractivity contribution in [1.82, 2.24) is 5.32 Å². The quantitative estimate of drug-likeness (QED) is 0.217. The van der Waals surface area contributed by atoms with E-state index in [4.69, 9.17) is 18.9 Å². The van der Waals surface area contributed by atoms with Crippen LogP contribution in [0.25, 0.3) is 0 Å². The van der Waals surface area contributed by atoms with Gasteiger partial charge in [-0.2, -0.15) is 0 Å². The maximum absolute atomic E-state index is 11.9. The molecule has 0 aliphatic rings. The summed E-state index contributed by atoms with van der Waals surface area (Å²) in [5.41, 5.74) is 0.795. The van der Waals surface area contributed by atoms with E-state index in [1.807, 2.05) is 18.4 Å². The molecule has 1 amide bonds. The number of hydrogen-bond acceptors (Lipinski definition) is 6. The van der Waals surface area contributed by atoms with E-state index in [0.29, 0.717) is 39.6 Å². The van der Waals surface area contributed by atoms with Gasteiger partial charge in [0.2, 0.25) is 0 Å². The predicted octanol–water partition coefficient (Wildman–Crippen LogP) is 5.38. The fourth-order valence-corrected chi connectivity index (χ4v) is 3.98. The third-order valence-corrected chi connectivity index (χ3v) is 6.03. The van der Waals surface area contributed by atoms with Crippen LogP contribution in [-0.4, -0.2) is 65.8 Å². The molecule has 6 nitrogen and oxygen atoms in total. The first kappa shape index (κ1) is 29.0. The minimum Gasteiger partial charge on any atom is -0.382 e. The van der Waals surface area contributed by atoms with Gasteiger partial charge in [0.15, 0.2) is 0 Å². The molecule has 1 rings (SSSR count). The molecule has 7 heteroatoms. The number of ether oxygens (including phenoxy) is 4. The molecule has 0 radical (unpaired) electrons. The zero-order valence-corrected chi connectivity index (χ0v) is 21.1. The van der Waals surface area contributed by atoms with Crippen LogP contribution < -0.4 is 5.32 Å². The summed E-state index contributed by atoms with van der Waals surface area (Å²) in [5, 5.41) is 4.94. The number of nitrogens with one attached hydrogen (secondary N) is 1. The van der Waals surface area contributed by atoms with Gasteiger partial charge in [-0.15, -0.1) is 11.3 Å². The largest absolute Gasteiger partial charge is 0.382 e.